The Hall–Kier alpha value is -1.92. The van der Waals surface area contributed by atoms with Gasteiger partial charge in [0.05, 0.1) is 28.9 Å². The Kier molecular flexibility index (Phi) is 3.12. The summed E-state index contributed by atoms with van der Waals surface area (Å²) in [6, 6.07) is 4.74. The predicted molar refractivity (Wildman–Crippen MR) is 85.1 cm³/mol. The van der Waals surface area contributed by atoms with E-state index in [0.29, 0.717) is 24.0 Å². The minimum absolute atomic E-state index is 0.0279. The summed E-state index contributed by atoms with van der Waals surface area (Å²) in [4.78, 5) is 24.1. The van der Waals surface area contributed by atoms with Gasteiger partial charge in [0.25, 0.3) is 5.91 Å². The maximum absolute atomic E-state index is 12.8. The number of benzene rings is 1. The molecule has 4 aliphatic rings. The van der Waals surface area contributed by atoms with E-state index in [4.69, 9.17) is 4.74 Å². The number of hydrogen-bond donors (Lipinski definition) is 3. The number of aliphatic hydroxyl groups excluding tert-OH is 1. The van der Waals surface area contributed by atoms with E-state index in [1.165, 1.54) is 6.07 Å². The first-order valence-electron chi connectivity index (χ1n) is 8.33. The third-order valence-electron chi connectivity index (χ3n) is 6.14. The number of amides is 1. The van der Waals surface area contributed by atoms with Gasteiger partial charge in [-0.05, 0) is 43.9 Å². The molecule has 1 amide bonds. The number of carboxylic acids is 1. The zero-order valence-corrected chi connectivity index (χ0v) is 13.6. The second kappa shape index (κ2) is 4.80. The lowest BCUT2D eigenvalue weighted by molar-refractivity contribution is -0.126. The van der Waals surface area contributed by atoms with Gasteiger partial charge < -0.3 is 20.3 Å². The Labute approximate surface area is 139 Å². The average Bonchev–Trinajstić information content (AvgIpc) is 2.92. The molecule has 2 saturated heterocycles. The molecule has 2 aliphatic heterocycles. The van der Waals surface area contributed by atoms with Crippen LogP contribution < -0.4 is 5.32 Å². The number of aliphatic hydroxyl groups is 1. The van der Waals surface area contributed by atoms with E-state index in [2.05, 4.69) is 5.32 Å². The fourth-order valence-corrected chi connectivity index (χ4v) is 4.78. The Morgan fingerprint density at radius 3 is 2.46 bits per heavy atom. The van der Waals surface area contributed by atoms with Crippen LogP contribution in [-0.2, 0) is 4.74 Å². The second-order valence-corrected chi connectivity index (χ2v) is 7.46. The van der Waals surface area contributed by atoms with E-state index in [-0.39, 0.29) is 23.7 Å². The first kappa shape index (κ1) is 15.6. The highest BCUT2D eigenvalue weighted by Gasteiger charge is 2.76. The van der Waals surface area contributed by atoms with Crippen LogP contribution in [0.5, 0.6) is 0 Å². The molecule has 4 fully saturated rings. The molecular weight excluding hydrogens is 310 g/mol. The molecule has 128 valence electrons. The Balaban J connectivity index is 1.62. The topological polar surface area (TPSA) is 95.9 Å². The summed E-state index contributed by atoms with van der Waals surface area (Å²) >= 11 is 0. The molecule has 0 radical (unpaired) electrons. The number of nitrogens with one attached hydrogen (secondary N) is 1. The smallest absolute Gasteiger partial charge is 0.335 e. The van der Waals surface area contributed by atoms with Crippen molar-refractivity contribution in [3.05, 3.63) is 34.9 Å². The van der Waals surface area contributed by atoms with Crippen LogP contribution >= 0.6 is 0 Å². The molecule has 0 aromatic heterocycles. The van der Waals surface area contributed by atoms with E-state index < -0.39 is 17.1 Å². The lowest BCUT2D eigenvalue weighted by Gasteiger charge is -2.51. The minimum atomic E-state index is -1.04. The van der Waals surface area contributed by atoms with E-state index in [1.807, 2.05) is 0 Å². The highest BCUT2D eigenvalue weighted by Crippen LogP contribution is 2.66. The zero-order valence-electron chi connectivity index (χ0n) is 13.6. The number of ether oxygens (including phenoxy) is 1. The summed E-state index contributed by atoms with van der Waals surface area (Å²) in [6.45, 7) is 1.62. The number of carbonyl (C=O) groups excluding carboxylic acids is 1. The summed E-state index contributed by atoms with van der Waals surface area (Å²) in [5.74, 6) is -1.30. The highest BCUT2D eigenvalue weighted by molar-refractivity contribution is 6.00. The first-order valence-corrected chi connectivity index (χ1v) is 8.33. The summed E-state index contributed by atoms with van der Waals surface area (Å²) in [5.41, 5.74) is -0.314. The SMILES string of the molecule is Cc1c(C(=O)O)cccc1C(=O)NC12CC(CO)(C1)OC21CCC1. The van der Waals surface area contributed by atoms with E-state index in [1.54, 1.807) is 19.1 Å². The largest absolute Gasteiger partial charge is 0.478 e. The normalized spacial score (nSPS) is 32.1. The number of rotatable bonds is 4. The molecule has 5 rings (SSSR count). The first-order chi connectivity index (χ1) is 11.4. The number of aromatic carboxylic acids is 1. The fourth-order valence-electron chi connectivity index (χ4n) is 4.78. The van der Waals surface area contributed by atoms with Gasteiger partial charge in [-0.2, -0.15) is 0 Å². The molecular formula is C18H21NO5. The van der Waals surface area contributed by atoms with Crippen LogP contribution in [0.1, 0.15) is 58.4 Å². The van der Waals surface area contributed by atoms with Crippen molar-refractivity contribution in [3.8, 4) is 0 Å². The van der Waals surface area contributed by atoms with Crippen LogP contribution in [0, 0.1) is 6.92 Å². The van der Waals surface area contributed by atoms with Crippen LogP contribution in [-0.4, -0.2) is 45.4 Å². The standard InChI is InChI=1S/C18H21NO5/c1-11-12(4-2-5-13(11)15(22)23)14(21)19-17-8-16(9-17,10-20)24-18(17)6-3-7-18/h2,4-5,20H,3,6-10H2,1H3,(H,19,21)(H,22,23). The molecule has 2 aliphatic carbocycles. The molecule has 1 spiro atoms. The van der Waals surface area contributed by atoms with Crippen LogP contribution in [0.25, 0.3) is 0 Å². The third kappa shape index (κ3) is 1.84. The number of hydrogen-bond acceptors (Lipinski definition) is 4. The second-order valence-electron chi connectivity index (χ2n) is 7.46. The fraction of sp³-hybridized carbons (Fsp3) is 0.556. The summed E-state index contributed by atoms with van der Waals surface area (Å²) < 4.78 is 6.17. The van der Waals surface area contributed by atoms with Crippen molar-refractivity contribution in [3.63, 3.8) is 0 Å². The molecule has 6 nitrogen and oxygen atoms in total. The van der Waals surface area contributed by atoms with Crippen molar-refractivity contribution in [2.24, 2.45) is 0 Å². The molecule has 3 N–H and O–H groups in total. The van der Waals surface area contributed by atoms with Gasteiger partial charge in [-0.3, -0.25) is 4.79 Å². The van der Waals surface area contributed by atoms with Gasteiger partial charge >= 0.3 is 5.97 Å². The molecule has 24 heavy (non-hydrogen) atoms. The van der Waals surface area contributed by atoms with E-state index >= 15 is 0 Å². The van der Waals surface area contributed by atoms with E-state index in [0.717, 1.165) is 19.3 Å². The van der Waals surface area contributed by atoms with Gasteiger partial charge in [-0.15, -0.1) is 0 Å². The number of carboxylic acid groups (broad SMARTS) is 1. The minimum Gasteiger partial charge on any atom is -0.478 e. The van der Waals surface area contributed by atoms with Crippen molar-refractivity contribution >= 4 is 11.9 Å². The van der Waals surface area contributed by atoms with Crippen molar-refractivity contribution < 1.29 is 24.5 Å². The summed E-state index contributed by atoms with van der Waals surface area (Å²) in [5, 5.41) is 22.0. The van der Waals surface area contributed by atoms with Gasteiger partial charge in [-0.25, -0.2) is 4.79 Å². The predicted octanol–water partition coefficient (Wildman–Crippen LogP) is 1.64. The molecule has 1 aromatic rings. The monoisotopic (exact) mass is 331 g/mol. The Bertz CT molecular complexity index is 731. The third-order valence-corrected chi connectivity index (χ3v) is 6.14. The molecule has 0 atom stereocenters. The Morgan fingerprint density at radius 1 is 1.25 bits per heavy atom. The van der Waals surface area contributed by atoms with Crippen molar-refractivity contribution in [1.29, 1.82) is 0 Å². The zero-order chi connectivity index (χ0) is 17.2. The van der Waals surface area contributed by atoms with Crippen LogP contribution in [0.3, 0.4) is 0 Å². The maximum atomic E-state index is 12.8. The Morgan fingerprint density at radius 2 is 1.92 bits per heavy atom. The van der Waals surface area contributed by atoms with E-state index in [9.17, 15) is 19.8 Å². The van der Waals surface area contributed by atoms with Gasteiger partial charge in [-0.1, -0.05) is 6.07 Å². The molecule has 2 bridgehead atoms. The molecule has 2 heterocycles. The van der Waals surface area contributed by atoms with Crippen molar-refractivity contribution in [1.82, 2.24) is 5.32 Å². The van der Waals surface area contributed by atoms with Gasteiger partial charge in [0.2, 0.25) is 0 Å². The summed E-state index contributed by atoms with van der Waals surface area (Å²) in [7, 11) is 0. The average molecular weight is 331 g/mol. The van der Waals surface area contributed by atoms with Crippen LogP contribution in [0.2, 0.25) is 0 Å². The molecule has 6 heteroatoms. The quantitative estimate of drug-likeness (QED) is 0.779. The molecule has 2 saturated carbocycles. The van der Waals surface area contributed by atoms with Gasteiger partial charge in [0.1, 0.15) is 0 Å². The molecule has 1 aromatic carbocycles. The lowest BCUT2D eigenvalue weighted by Crippen LogP contribution is -2.68. The lowest BCUT2D eigenvalue weighted by atomic mass is 9.56. The highest BCUT2D eigenvalue weighted by atomic mass is 16.6. The van der Waals surface area contributed by atoms with Gasteiger partial charge in [0, 0.05) is 18.4 Å². The number of carbonyl (C=O) groups is 2. The van der Waals surface area contributed by atoms with Crippen LogP contribution in [0.15, 0.2) is 18.2 Å². The molecule has 0 unspecified atom stereocenters. The van der Waals surface area contributed by atoms with Crippen molar-refractivity contribution in [2.45, 2.75) is 55.8 Å². The van der Waals surface area contributed by atoms with Gasteiger partial charge in [0.15, 0.2) is 0 Å². The maximum Gasteiger partial charge on any atom is 0.335 e. The van der Waals surface area contributed by atoms with Crippen LogP contribution in [0.4, 0.5) is 0 Å². The summed E-state index contributed by atoms with van der Waals surface area (Å²) in [6.07, 6.45) is 4.10. The van der Waals surface area contributed by atoms with Crippen molar-refractivity contribution in [2.75, 3.05) is 6.61 Å².